The number of nitrogens with one attached hydrogen (secondary N) is 1. The Bertz CT molecular complexity index is 869. The highest BCUT2D eigenvalue weighted by molar-refractivity contribution is 5.88. The maximum Gasteiger partial charge on any atom is 0.261 e. The van der Waals surface area contributed by atoms with Crippen molar-refractivity contribution in [2.75, 3.05) is 6.61 Å². The van der Waals surface area contributed by atoms with Crippen LogP contribution in [0.15, 0.2) is 48.5 Å². The molecule has 2 aromatic carbocycles. The van der Waals surface area contributed by atoms with Gasteiger partial charge in [-0.15, -0.1) is 0 Å². The fourth-order valence-electron chi connectivity index (χ4n) is 3.39. The molecule has 5 heteroatoms. The lowest BCUT2D eigenvalue weighted by molar-refractivity contribution is -0.143. The molecule has 1 N–H and O–H groups in total. The van der Waals surface area contributed by atoms with E-state index in [0.29, 0.717) is 18.7 Å². The molecule has 0 spiro atoms. The van der Waals surface area contributed by atoms with Crippen molar-refractivity contribution in [3.8, 4) is 5.75 Å². The van der Waals surface area contributed by atoms with Gasteiger partial charge in [0, 0.05) is 12.1 Å². The minimum absolute atomic E-state index is 0.114. The van der Waals surface area contributed by atoms with Crippen molar-refractivity contribution in [2.45, 2.75) is 72.5 Å². The van der Waals surface area contributed by atoms with Crippen LogP contribution >= 0.6 is 0 Å². The Balaban J connectivity index is 2.22. The smallest absolute Gasteiger partial charge is 0.261 e. The molecule has 0 radical (unpaired) electrons. The lowest BCUT2D eigenvalue weighted by Crippen LogP contribution is -2.54. The van der Waals surface area contributed by atoms with Crippen molar-refractivity contribution in [3.05, 3.63) is 65.2 Å². The van der Waals surface area contributed by atoms with E-state index in [9.17, 15) is 9.59 Å². The number of amides is 2. The van der Waals surface area contributed by atoms with Crippen LogP contribution in [0.5, 0.6) is 5.75 Å². The Labute approximate surface area is 186 Å². The molecule has 1 unspecified atom stereocenters. The van der Waals surface area contributed by atoms with Crippen LogP contribution in [0.25, 0.3) is 0 Å². The molecule has 168 valence electrons. The van der Waals surface area contributed by atoms with Crippen molar-refractivity contribution in [1.82, 2.24) is 10.2 Å². The van der Waals surface area contributed by atoms with Crippen LogP contribution in [0.4, 0.5) is 0 Å². The zero-order valence-corrected chi connectivity index (χ0v) is 19.7. The zero-order valence-electron chi connectivity index (χ0n) is 19.7. The Morgan fingerprint density at radius 2 is 1.68 bits per heavy atom. The molecule has 0 saturated heterocycles. The lowest BCUT2D eigenvalue weighted by Gasteiger charge is -2.33. The summed E-state index contributed by atoms with van der Waals surface area (Å²) in [4.78, 5) is 27.9. The number of ether oxygens (including phenoxy) is 1. The second kappa shape index (κ2) is 11.0. The Morgan fingerprint density at radius 1 is 1.03 bits per heavy atom. The molecular formula is C26H36N2O3. The van der Waals surface area contributed by atoms with Gasteiger partial charge in [-0.2, -0.15) is 0 Å². The zero-order chi connectivity index (χ0) is 23.0. The van der Waals surface area contributed by atoms with E-state index in [-0.39, 0.29) is 24.0 Å². The number of aryl methyl sites for hydroxylation is 2. The fourth-order valence-corrected chi connectivity index (χ4v) is 3.39. The van der Waals surface area contributed by atoms with E-state index >= 15 is 0 Å². The number of rotatable bonds is 9. The lowest BCUT2D eigenvalue weighted by atomic mass is 10.0. The summed E-state index contributed by atoms with van der Waals surface area (Å²) in [6.07, 6.45) is 1.47. The molecule has 0 aliphatic heterocycles. The van der Waals surface area contributed by atoms with Crippen LogP contribution in [0.1, 0.15) is 57.7 Å². The highest BCUT2D eigenvalue weighted by atomic mass is 16.5. The fraction of sp³-hybridized carbons (Fsp3) is 0.462. The number of carbonyl (C=O) groups is 2. The van der Waals surface area contributed by atoms with Gasteiger partial charge in [0.05, 0.1) is 0 Å². The second-order valence-electron chi connectivity index (χ2n) is 8.90. The van der Waals surface area contributed by atoms with Gasteiger partial charge in [-0.25, -0.2) is 0 Å². The van der Waals surface area contributed by atoms with E-state index in [2.05, 4.69) is 12.2 Å². The standard InChI is InChI=1S/C26H36N2O3/c1-7-20-13-15-22(16-14-20)31-18-24(29)28(17-21-12-10-9-11-19(21)3)23(8-2)25(30)27-26(4,5)6/h9-16,23H,7-8,17-18H2,1-6H3,(H,27,30). The molecule has 2 amide bonds. The van der Waals surface area contributed by atoms with Crippen molar-refractivity contribution in [3.63, 3.8) is 0 Å². The first-order chi connectivity index (χ1) is 14.6. The van der Waals surface area contributed by atoms with Crippen LogP contribution in [-0.4, -0.2) is 34.9 Å². The minimum Gasteiger partial charge on any atom is -0.484 e. The Kier molecular flexibility index (Phi) is 8.66. The van der Waals surface area contributed by atoms with Crippen LogP contribution in [0, 0.1) is 6.92 Å². The number of nitrogens with zero attached hydrogens (tertiary/aromatic N) is 1. The molecule has 1 atom stereocenters. The van der Waals surface area contributed by atoms with Crippen LogP contribution in [0.2, 0.25) is 0 Å². The molecule has 0 aromatic heterocycles. The average molecular weight is 425 g/mol. The molecule has 5 nitrogen and oxygen atoms in total. The van der Waals surface area contributed by atoms with Crippen LogP contribution in [0.3, 0.4) is 0 Å². The minimum atomic E-state index is -0.572. The monoisotopic (exact) mass is 424 g/mol. The molecule has 0 bridgehead atoms. The van der Waals surface area contributed by atoms with Gasteiger partial charge in [0.2, 0.25) is 5.91 Å². The largest absolute Gasteiger partial charge is 0.484 e. The summed E-state index contributed by atoms with van der Waals surface area (Å²) in [6.45, 7) is 12.1. The molecule has 0 aliphatic rings. The second-order valence-corrected chi connectivity index (χ2v) is 8.90. The van der Waals surface area contributed by atoms with Gasteiger partial charge in [-0.1, -0.05) is 50.2 Å². The topological polar surface area (TPSA) is 58.6 Å². The summed E-state index contributed by atoms with van der Waals surface area (Å²) >= 11 is 0. The van der Waals surface area contributed by atoms with Crippen LogP contribution in [-0.2, 0) is 22.6 Å². The Morgan fingerprint density at radius 3 is 2.23 bits per heavy atom. The first-order valence-corrected chi connectivity index (χ1v) is 11.0. The van der Waals surface area contributed by atoms with Gasteiger partial charge < -0.3 is 15.0 Å². The highest BCUT2D eigenvalue weighted by Crippen LogP contribution is 2.18. The van der Waals surface area contributed by atoms with E-state index in [1.54, 1.807) is 4.90 Å². The highest BCUT2D eigenvalue weighted by Gasteiger charge is 2.31. The molecule has 0 saturated carbocycles. The molecule has 0 aliphatic carbocycles. The summed E-state index contributed by atoms with van der Waals surface area (Å²) in [5, 5.41) is 3.02. The van der Waals surface area contributed by atoms with E-state index in [1.807, 2.05) is 83.1 Å². The quantitative estimate of drug-likeness (QED) is 0.637. The first-order valence-electron chi connectivity index (χ1n) is 11.0. The van der Waals surface area contributed by atoms with Gasteiger partial charge in [0.25, 0.3) is 5.91 Å². The van der Waals surface area contributed by atoms with Crippen molar-refractivity contribution in [2.24, 2.45) is 0 Å². The van der Waals surface area contributed by atoms with E-state index < -0.39 is 6.04 Å². The predicted octanol–water partition coefficient (Wildman–Crippen LogP) is 4.66. The van der Waals surface area contributed by atoms with Crippen molar-refractivity contribution < 1.29 is 14.3 Å². The summed E-state index contributed by atoms with van der Waals surface area (Å²) in [5.74, 6) is 0.288. The summed E-state index contributed by atoms with van der Waals surface area (Å²) in [5.41, 5.74) is 2.94. The molecule has 31 heavy (non-hydrogen) atoms. The molecular weight excluding hydrogens is 388 g/mol. The van der Waals surface area contributed by atoms with E-state index in [1.165, 1.54) is 5.56 Å². The van der Waals surface area contributed by atoms with Gasteiger partial charge in [0.1, 0.15) is 11.8 Å². The van der Waals surface area contributed by atoms with Crippen molar-refractivity contribution in [1.29, 1.82) is 0 Å². The number of hydrogen-bond donors (Lipinski definition) is 1. The third kappa shape index (κ3) is 7.42. The normalized spacial score (nSPS) is 12.2. The first kappa shape index (κ1) is 24.4. The van der Waals surface area contributed by atoms with Gasteiger partial charge >= 0.3 is 0 Å². The molecule has 0 heterocycles. The third-order valence-corrected chi connectivity index (χ3v) is 5.18. The number of carbonyl (C=O) groups excluding carboxylic acids is 2. The van der Waals surface area contributed by atoms with Gasteiger partial charge in [-0.05, 0) is 69.4 Å². The maximum absolute atomic E-state index is 13.2. The predicted molar refractivity (Wildman–Crippen MR) is 125 cm³/mol. The summed E-state index contributed by atoms with van der Waals surface area (Å²) in [6, 6.07) is 15.1. The number of benzene rings is 2. The summed E-state index contributed by atoms with van der Waals surface area (Å²) in [7, 11) is 0. The number of hydrogen-bond acceptors (Lipinski definition) is 3. The molecule has 0 fully saturated rings. The third-order valence-electron chi connectivity index (χ3n) is 5.18. The molecule has 2 rings (SSSR count). The Hall–Kier alpha value is -2.82. The SMILES string of the molecule is CCc1ccc(OCC(=O)N(Cc2ccccc2C)C(CC)C(=O)NC(C)(C)C)cc1. The molecule has 2 aromatic rings. The van der Waals surface area contributed by atoms with E-state index in [4.69, 9.17) is 4.74 Å². The van der Waals surface area contributed by atoms with Gasteiger partial charge in [0.15, 0.2) is 6.61 Å². The van der Waals surface area contributed by atoms with Crippen molar-refractivity contribution >= 4 is 11.8 Å². The average Bonchev–Trinajstić information content (AvgIpc) is 2.72. The maximum atomic E-state index is 13.2. The van der Waals surface area contributed by atoms with E-state index in [0.717, 1.165) is 17.5 Å². The summed E-state index contributed by atoms with van der Waals surface area (Å²) < 4.78 is 5.77. The van der Waals surface area contributed by atoms with Gasteiger partial charge in [-0.3, -0.25) is 9.59 Å². The van der Waals surface area contributed by atoms with Crippen LogP contribution < -0.4 is 10.1 Å².